The maximum absolute atomic E-state index is 13.1. The molecule has 0 amide bonds. The summed E-state index contributed by atoms with van der Waals surface area (Å²) in [5, 5.41) is 10.2. The van der Waals surface area contributed by atoms with E-state index in [0.29, 0.717) is 17.9 Å². The van der Waals surface area contributed by atoms with E-state index in [4.69, 9.17) is 4.98 Å². The van der Waals surface area contributed by atoms with E-state index in [1.165, 1.54) is 6.42 Å². The van der Waals surface area contributed by atoms with Crippen LogP contribution in [0.3, 0.4) is 0 Å². The summed E-state index contributed by atoms with van der Waals surface area (Å²) < 4.78 is 1.75. The molecule has 6 nitrogen and oxygen atoms in total. The molecule has 170 valence electrons. The Kier molecular flexibility index (Phi) is 6.08. The molecule has 5 heterocycles. The Labute approximate surface area is 198 Å². The van der Waals surface area contributed by atoms with E-state index in [9.17, 15) is 4.79 Å². The zero-order valence-electron chi connectivity index (χ0n) is 19.1. The SMILES string of the molecule is CC(C)C[C@@]1(CCC(=O)c2ccnc(-c3cnn4ccc(-c5cccs5)nc34)c2)CCCN1. The van der Waals surface area contributed by atoms with Crippen LogP contribution in [0.2, 0.25) is 0 Å². The molecule has 7 heteroatoms. The molecule has 0 bridgehead atoms. The molecule has 0 aliphatic carbocycles. The Morgan fingerprint density at radius 3 is 2.94 bits per heavy atom. The average molecular weight is 460 g/mol. The number of nitrogens with zero attached hydrogens (tertiary/aromatic N) is 4. The van der Waals surface area contributed by atoms with Crippen molar-refractivity contribution in [2.75, 3.05) is 6.54 Å². The third-order valence-electron chi connectivity index (χ3n) is 6.46. The molecule has 0 unspecified atom stereocenters. The van der Waals surface area contributed by atoms with Gasteiger partial charge in [0, 0.05) is 29.9 Å². The molecular weight excluding hydrogens is 430 g/mol. The summed E-state index contributed by atoms with van der Waals surface area (Å²) >= 11 is 1.66. The summed E-state index contributed by atoms with van der Waals surface area (Å²) in [4.78, 5) is 23.6. The van der Waals surface area contributed by atoms with Gasteiger partial charge in [-0.15, -0.1) is 11.3 Å². The number of aromatic nitrogens is 4. The van der Waals surface area contributed by atoms with Crippen LogP contribution < -0.4 is 5.32 Å². The van der Waals surface area contributed by atoms with Crippen LogP contribution in [0.1, 0.15) is 56.3 Å². The van der Waals surface area contributed by atoms with E-state index in [-0.39, 0.29) is 11.3 Å². The Morgan fingerprint density at radius 2 is 2.18 bits per heavy atom. The number of hydrogen-bond donors (Lipinski definition) is 1. The van der Waals surface area contributed by atoms with Crippen LogP contribution in [0, 0.1) is 5.92 Å². The van der Waals surface area contributed by atoms with Crippen molar-refractivity contribution in [1.82, 2.24) is 24.9 Å². The van der Waals surface area contributed by atoms with Crippen molar-refractivity contribution in [3.05, 3.63) is 59.9 Å². The van der Waals surface area contributed by atoms with Crippen molar-refractivity contribution in [3.63, 3.8) is 0 Å². The van der Waals surface area contributed by atoms with Gasteiger partial charge in [-0.05, 0) is 67.8 Å². The number of pyridine rings is 1. The highest BCUT2D eigenvalue weighted by Gasteiger charge is 2.34. The van der Waals surface area contributed by atoms with Crippen LogP contribution in [-0.2, 0) is 0 Å². The molecule has 33 heavy (non-hydrogen) atoms. The molecule has 4 aromatic heterocycles. The van der Waals surface area contributed by atoms with Gasteiger partial charge in [-0.3, -0.25) is 9.78 Å². The van der Waals surface area contributed by atoms with Crippen LogP contribution >= 0.6 is 11.3 Å². The van der Waals surface area contributed by atoms with Gasteiger partial charge in [0.1, 0.15) is 0 Å². The van der Waals surface area contributed by atoms with Crippen LogP contribution in [-0.4, -0.2) is 37.4 Å². The van der Waals surface area contributed by atoms with E-state index in [2.05, 4.69) is 35.3 Å². The number of rotatable bonds is 8. The fraction of sp³-hybridized carbons (Fsp3) is 0.385. The number of nitrogens with one attached hydrogen (secondary N) is 1. The predicted octanol–water partition coefficient (Wildman–Crippen LogP) is 5.65. The summed E-state index contributed by atoms with van der Waals surface area (Å²) in [7, 11) is 0. The van der Waals surface area contributed by atoms with Gasteiger partial charge in [0.05, 0.1) is 28.0 Å². The average Bonchev–Trinajstić information content (AvgIpc) is 3.58. The van der Waals surface area contributed by atoms with Crippen molar-refractivity contribution in [3.8, 4) is 21.8 Å². The van der Waals surface area contributed by atoms with E-state index >= 15 is 0 Å². The third kappa shape index (κ3) is 4.61. The van der Waals surface area contributed by atoms with Crippen LogP contribution in [0.4, 0.5) is 0 Å². The first kappa shape index (κ1) is 21.9. The predicted molar refractivity (Wildman–Crippen MR) is 133 cm³/mol. The molecular formula is C26H29N5OS. The second kappa shape index (κ2) is 9.15. The highest BCUT2D eigenvalue weighted by atomic mass is 32.1. The molecule has 1 aliphatic heterocycles. The lowest BCUT2D eigenvalue weighted by atomic mass is 9.82. The van der Waals surface area contributed by atoms with Gasteiger partial charge in [0.25, 0.3) is 0 Å². The van der Waals surface area contributed by atoms with Crippen molar-refractivity contribution in [1.29, 1.82) is 0 Å². The van der Waals surface area contributed by atoms with Gasteiger partial charge in [0.2, 0.25) is 0 Å². The fourth-order valence-corrected chi connectivity index (χ4v) is 5.69. The number of Topliss-reactive ketones (excluding diaryl/α,β-unsaturated/α-hetero) is 1. The Hall–Kier alpha value is -2.90. The zero-order chi connectivity index (χ0) is 22.8. The lowest BCUT2D eigenvalue weighted by Gasteiger charge is -2.31. The molecule has 1 aliphatic rings. The molecule has 1 N–H and O–H groups in total. The standard InChI is InChI=1S/C26H29N5OS/c1-18(2)16-26(9-4-11-28-26)10-6-23(32)19-7-12-27-22(15-19)20-17-29-31-13-8-21(30-25(20)31)24-5-3-14-33-24/h3,5,7-8,12-15,17-18,28H,4,6,9-11,16H2,1-2H3/t26-/m0/s1. The number of hydrogen-bond acceptors (Lipinski definition) is 6. The highest BCUT2D eigenvalue weighted by molar-refractivity contribution is 7.13. The maximum atomic E-state index is 13.1. The molecule has 1 atom stereocenters. The minimum atomic E-state index is 0.101. The summed E-state index contributed by atoms with van der Waals surface area (Å²) in [6, 6.07) is 9.75. The van der Waals surface area contributed by atoms with Crippen LogP contribution in [0.5, 0.6) is 0 Å². The van der Waals surface area contributed by atoms with Crippen molar-refractivity contribution >= 4 is 22.8 Å². The summed E-state index contributed by atoms with van der Waals surface area (Å²) in [6.45, 7) is 5.56. The van der Waals surface area contributed by atoms with Crippen LogP contribution in [0.15, 0.2) is 54.3 Å². The largest absolute Gasteiger partial charge is 0.311 e. The normalized spacial score (nSPS) is 18.4. The molecule has 1 saturated heterocycles. The summed E-state index contributed by atoms with van der Waals surface area (Å²) in [5.74, 6) is 0.777. The number of carbonyl (C=O) groups is 1. The third-order valence-corrected chi connectivity index (χ3v) is 7.35. The second-order valence-electron chi connectivity index (χ2n) is 9.38. The van der Waals surface area contributed by atoms with E-state index in [1.54, 1.807) is 28.2 Å². The monoisotopic (exact) mass is 459 g/mol. The van der Waals surface area contributed by atoms with Crippen molar-refractivity contribution in [2.24, 2.45) is 5.92 Å². The quantitative estimate of drug-likeness (QED) is 0.345. The molecule has 0 saturated carbocycles. The van der Waals surface area contributed by atoms with Gasteiger partial charge in [-0.25, -0.2) is 9.50 Å². The first-order chi connectivity index (χ1) is 16.0. The first-order valence-electron chi connectivity index (χ1n) is 11.7. The number of carbonyl (C=O) groups excluding carboxylic acids is 1. The number of fused-ring (bicyclic) bond motifs is 1. The number of thiophene rings is 1. The minimum absolute atomic E-state index is 0.101. The first-order valence-corrected chi connectivity index (χ1v) is 12.5. The smallest absolute Gasteiger partial charge is 0.165 e. The van der Waals surface area contributed by atoms with E-state index in [1.807, 2.05) is 35.8 Å². The van der Waals surface area contributed by atoms with Crippen molar-refractivity contribution in [2.45, 2.75) is 51.5 Å². The Bertz CT molecular complexity index is 1250. The summed E-state index contributed by atoms with van der Waals surface area (Å²) in [5.41, 5.74) is 4.00. The van der Waals surface area contributed by atoms with Gasteiger partial charge in [0.15, 0.2) is 11.4 Å². The molecule has 1 fully saturated rings. The number of ketones is 1. The lowest BCUT2D eigenvalue weighted by Crippen LogP contribution is -2.41. The molecule has 5 rings (SSSR count). The topological polar surface area (TPSA) is 72.2 Å². The molecule has 4 aromatic rings. The summed E-state index contributed by atoms with van der Waals surface area (Å²) in [6.07, 6.45) is 10.3. The minimum Gasteiger partial charge on any atom is -0.311 e. The lowest BCUT2D eigenvalue weighted by molar-refractivity contribution is 0.0963. The van der Waals surface area contributed by atoms with Gasteiger partial charge < -0.3 is 5.32 Å². The fourth-order valence-electron chi connectivity index (χ4n) is 5.00. The Morgan fingerprint density at radius 1 is 1.27 bits per heavy atom. The second-order valence-corrected chi connectivity index (χ2v) is 10.3. The van der Waals surface area contributed by atoms with E-state index in [0.717, 1.165) is 53.3 Å². The van der Waals surface area contributed by atoms with Crippen molar-refractivity contribution < 1.29 is 4.79 Å². The molecule has 0 radical (unpaired) electrons. The molecule has 0 spiro atoms. The molecule has 0 aromatic carbocycles. The van der Waals surface area contributed by atoms with Gasteiger partial charge in [-0.2, -0.15) is 5.10 Å². The maximum Gasteiger partial charge on any atom is 0.165 e. The van der Waals surface area contributed by atoms with Gasteiger partial charge >= 0.3 is 0 Å². The van der Waals surface area contributed by atoms with E-state index < -0.39 is 0 Å². The zero-order valence-corrected chi connectivity index (χ0v) is 19.9. The Balaban J connectivity index is 1.38. The van der Waals surface area contributed by atoms with Crippen LogP contribution in [0.25, 0.3) is 27.5 Å². The highest BCUT2D eigenvalue weighted by Crippen LogP contribution is 2.32. The van der Waals surface area contributed by atoms with Gasteiger partial charge in [-0.1, -0.05) is 19.9 Å².